The maximum Gasteiger partial charge on any atom is 0.276 e. The van der Waals surface area contributed by atoms with Crippen LogP contribution in [0.5, 0.6) is 0 Å². The van der Waals surface area contributed by atoms with Gasteiger partial charge in [0.2, 0.25) is 0 Å². The minimum Gasteiger partial charge on any atom is -0.288 e. The van der Waals surface area contributed by atoms with E-state index in [-0.39, 0.29) is 0 Å². The summed E-state index contributed by atoms with van der Waals surface area (Å²) in [6.07, 6.45) is 1.65. The summed E-state index contributed by atoms with van der Waals surface area (Å²) in [4.78, 5) is 15.7. The number of hydroxylamine groups is 1. The van der Waals surface area contributed by atoms with Crippen LogP contribution in [0, 0.1) is 13.8 Å². The first-order chi connectivity index (χ1) is 7.63. The van der Waals surface area contributed by atoms with Gasteiger partial charge in [-0.2, -0.15) is 0 Å². The lowest BCUT2D eigenvalue weighted by molar-refractivity contribution is 0.0708. The van der Waals surface area contributed by atoms with Crippen molar-refractivity contribution in [2.45, 2.75) is 13.8 Å². The van der Waals surface area contributed by atoms with Crippen molar-refractivity contribution in [1.82, 2.24) is 10.5 Å². The van der Waals surface area contributed by atoms with Crippen molar-refractivity contribution in [2.24, 2.45) is 0 Å². The minimum atomic E-state index is -0.535. The van der Waals surface area contributed by atoms with Crippen LogP contribution in [0.3, 0.4) is 0 Å². The van der Waals surface area contributed by atoms with E-state index >= 15 is 0 Å². The smallest absolute Gasteiger partial charge is 0.276 e. The summed E-state index contributed by atoms with van der Waals surface area (Å²) in [6.45, 7) is 3.87. The van der Waals surface area contributed by atoms with Crippen molar-refractivity contribution in [1.29, 1.82) is 0 Å². The predicted molar refractivity (Wildman–Crippen MR) is 60.5 cm³/mol. The third-order valence-corrected chi connectivity index (χ3v) is 2.55. The Hall–Kier alpha value is -1.94. The van der Waals surface area contributed by atoms with Crippen LogP contribution in [0.15, 0.2) is 24.4 Å². The van der Waals surface area contributed by atoms with Gasteiger partial charge in [0.15, 0.2) is 0 Å². The first-order valence-electron chi connectivity index (χ1n) is 4.94. The Labute approximate surface area is 92.9 Å². The highest BCUT2D eigenvalue weighted by molar-refractivity contribution is 6.05. The molecule has 2 N–H and O–H groups in total. The van der Waals surface area contributed by atoms with Crippen molar-refractivity contribution in [3.63, 3.8) is 0 Å². The molecule has 0 saturated carbocycles. The molecule has 1 aromatic carbocycles. The third-order valence-electron chi connectivity index (χ3n) is 2.55. The van der Waals surface area contributed by atoms with E-state index in [1.165, 1.54) is 0 Å². The number of pyridine rings is 1. The van der Waals surface area contributed by atoms with Gasteiger partial charge in [-0.1, -0.05) is 0 Å². The van der Waals surface area contributed by atoms with Gasteiger partial charge in [-0.05, 0) is 43.2 Å². The summed E-state index contributed by atoms with van der Waals surface area (Å²) in [5.74, 6) is -0.535. The van der Waals surface area contributed by atoms with Gasteiger partial charge in [0.1, 0.15) is 0 Å². The van der Waals surface area contributed by atoms with Gasteiger partial charge < -0.3 is 0 Å². The maximum atomic E-state index is 11.5. The first-order valence-corrected chi connectivity index (χ1v) is 4.94. The largest absolute Gasteiger partial charge is 0.288 e. The maximum absolute atomic E-state index is 11.5. The number of nitrogens with zero attached hydrogens (tertiary/aromatic N) is 1. The molecule has 82 valence electrons. The molecule has 2 rings (SSSR count). The summed E-state index contributed by atoms with van der Waals surface area (Å²) in [5, 5.41) is 9.61. The highest BCUT2D eigenvalue weighted by atomic mass is 16.5. The second kappa shape index (κ2) is 3.90. The highest BCUT2D eigenvalue weighted by Gasteiger charge is 2.12. The summed E-state index contributed by atoms with van der Waals surface area (Å²) in [6, 6.07) is 5.58. The van der Waals surface area contributed by atoms with Gasteiger partial charge in [-0.25, -0.2) is 5.48 Å². The second-order valence-corrected chi connectivity index (χ2v) is 3.78. The molecule has 0 bridgehead atoms. The molecule has 0 unspecified atom stereocenters. The number of aromatic nitrogens is 1. The van der Waals surface area contributed by atoms with E-state index in [4.69, 9.17) is 5.21 Å². The number of carbonyl (C=O) groups excluding carboxylic acids is 1. The number of fused-ring (bicyclic) bond motifs is 1. The van der Waals surface area contributed by atoms with Gasteiger partial charge >= 0.3 is 0 Å². The van der Waals surface area contributed by atoms with Crippen LogP contribution in [0.1, 0.15) is 21.5 Å². The molecule has 0 saturated heterocycles. The number of rotatable bonds is 1. The molecule has 0 aliphatic carbocycles. The number of amides is 1. The second-order valence-electron chi connectivity index (χ2n) is 3.78. The zero-order chi connectivity index (χ0) is 11.7. The molecule has 0 spiro atoms. The van der Waals surface area contributed by atoms with E-state index in [0.29, 0.717) is 11.1 Å². The zero-order valence-corrected chi connectivity index (χ0v) is 9.11. The molecule has 1 heterocycles. The van der Waals surface area contributed by atoms with Crippen LogP contribution in [0.25, 0.3) is 10.9 Å². The molecule has 4 nitrogen and oxygen atoms in total. The fourth-order valence-corrected chi connectivity index (χ4v) is 1.77. The molecule has 0 aliphatic heterocycles. The zero-order valence-electron chi connectivity index (χ0n) is 9.11. The van der Waals surface area contributed by atoms with Crippen LogP contribution in [-0.2, 0) is 0 Å². The van der Waals surface area contributed by atoms with E-state index < -0.39 is 5.91 Å². The number of carbonyl (C=O) groups is 1. The highest BCUT2D eigenvalue weighted by Crippen LogP contribution is 2.21. The van der Waals surface area contributed by atoms with Gasteiger partial charge in [0.05, 0.1) is 11.1 Å². The number of hydrogen-bond acceptors (Lipinski definition) is 3. The Bertz CT molecular complexity index is 564. The molecule has 1 amide bonds. The SMILES string of the molecule is Cc1cc(C(=O)NO)c2nccc(C)c2c1. The van der Waals surface area contributed by atoms with Gasteiger partial charge in [0, 0.05) is 11.6 Å². The lowest BCUT2D eigenvalue weighted by Gasteiger charge is -2.07. The van der Waals surface area contributed by atoms with Crippen molar-refractivity contribution in [3.05, 3.63) is 41.1 Å². The van der Waals surface area contributed by atoms with Gasteiger partial charge in [0.25, 0.3) is 5.91 Å². The molecule has 1 aromatic heterocycles. The Kier molecular flexibility index (Phi) is 2.58. The monoisotopic (exact) mass is 216 g/mol. The standard InChI is InChI=1S/C12H12N2O2/c1-7-5-9-8(2)3-4-13-11(9)10(6-7)12(15)14-16/h3-6,16H,1-2H3,(H,14,15). The molecule has 0 atom stereocenters. The quantitative estimate of drug-likeness (QED) is 0.566. The summed E-state index contributed by atoms with van der Waals surface area (Å²) in [7, 11) is 0. The number of aryl methyl sites for hydroxylation is 2. The lowest BCUT2D eigenvalue weighted by atomic mass is 10.0. The molecule has 0 fully saturated rings. The van der Waals surface area contributed by atoms with E-state index in [1.807, 2.05) is 26.0 Å². The lowest BCUT2D eigenvalue weighted by Crippen LogP contribution is -2.19. The average molecular weight is 216 g/mol. The Morgan fingerprint density at radius 3 is 2.81 bits per heavy atom. The fourth-order valence-electron chi connectivity index (χ4n) is 1.77. The Morgan fingerprint density at radius 2 is 2.12 bits per heavy atom. The number of nitrogens with one attached hydrogen (secondary N) is 1. The molecule has 0 radical (unpaired) electrons. The van der Waals surface area contributed by atoms with Crippen molar-refractivity contribution in [2.75, 3.05) is 0 Å². The molecule has 4 heteroatoms. The number of hydrogen-bond donors (Lipinski definition) is 2. The summed E-state index contributed by atoms with van der Waals surface area (Å²) < 4.78 is 0. The van der Waals surface area contributed by atoms with E-state index in [2.05, 4.69) is 4.98 Å². The normalized spacial score (nSPS) is 10.4. The predicted octanol–water partition coefficient (Wildman–Crippen LogP) is 1.97. The van der Waals surface area contributed by atoms with Gasteiger partial charge in [-0.15, -0.1) is 0 Å². The summed E-state index contributed by atoms with van der Waals surface area (Å²) in [5.41, 5.74) is 4.66. The van der Waals surface area contributed by atoms with Crippen molar-refractivity contribution in [3.8, 4) is 0 Å². The molecular formula is C12H12N2O2. The van der Waals surface area contributed by atoms with Crippen molar-refractivity contribution >= 4 is 16.8 Å². The fraction of sp³-hybridized carbons (Fsp3) is 0.167. The van der Waals surface area contributed by atoms with Crippen LogP contribution in [-0.4, -0.2) is 16.1 Å². The topological polar surface area (TPSA) is 62.2 Å². The Morgan fingerprint density at radius 1 is 1.38 bits per heavy atom. The Balaban J connectivity index is 2.83. The first kappa shape index (κ1) is 10.6. The van der Waals surface area contributed by atoms with E-state index in [9.17, 15) is 4.79 Å². The van der Waals surface area contributed by atoms with Crippen molar-refractivity contribution < 1.29 is 10.0 Å². The van der Waals surface area contributed by atoms with Crippen LogP contribution >= 0.6 is 0 Å². The van der Waals surface area contributed by atoms with E-state index in [1.54, 1.807) is 17.7 Å². The minimum absolute atomic E-state index is 0.390. The van der Waals surface area contributed by atoms with E-state index in [0.717, 1.165) is 16.5 Å². The average Bonchev–Trinajstić information content (AvgIpc) is 2.28. The number of benzene rings is 1. The van der Waals surface area contributed by atoms with Gasteiger partial charge in [-0.3, -0.25) is 15.0 Å². The summed E-state index contributed by atoms with van der Waals surface area (Å²) >= 11 is 0. The molecular weight excluding hydrogens is 204 g/mol. The van der Waals surface area contributed by atoms with Crippen LogP contribution in [0.4, 0.5) is 0 Å². The van der Waals surface area contributed by atoms with Crippen LogP contribution in [0.2, 0.25) is 0 Å². The third kappa shape index (κ3) is 1.63. The molecule has 2 aromatic rings. The molecule has 16 heavy (non-hydrogen) atoms. The van der Waals surface area contributed by atoms with Crippen LogP contribution < -0.4 is 5.48 Å². The molecule has 0 aliphatic rings.